The van der Waals surface area contributed by atoms with Crippen LogP contribution < -0.4 is 16.0 Å². The zero-order valence-electron chi connectivity index (χ0n) is 13.4. The third-order valence-corrected chi connectivity index (χ3v) is 3.75. The summed E-state index contributed by atoms with van der Waals surface area (Å²) in [6.45, 7) is 7.38. The van der Waals surface area contributed by atoms with Crippen LogP contribution in [-0.2, 0) is 4.74 Å². The molecule has 1 aromatic carbocycles. The van der Waals surface area contributed by atoms with Crippen molar-refractivity contribution in [2.75, 3.05) is 29.0 Å². The number of nitrogens with two attached hydrogens (primary N) is 1. The highest BCUT2D eigenvalue weighted by Crippen LogP contribution is 2.35. The largest absolute Gasteiger partial charge is 0.444 e. The summed E-state index contributed by atoms with van der Waals surface area (Å²) >= 11 is 6.31. The van der Waals surface area contributed by atoms with Gasteiger partial charge >= 0.3 is 6.09 Å². The Labute approximate surface area is 136 Å². The molecular weight excluding hydrogens is 302 g/mol. The lowest BCUT2D eigenvalue weighted by molar-refractivity contribution is 0.0636. The maximum absolute atomic E-state index is 11.9. The Bertz CT molecular complexity index is 549. The molecule has 0 radical (unpaired) electrons. The van der Waals surface area contributed by atoms with Gasteiger partial charge in [0.05, 0.1) is 22.1 Å². The lowest BCUT2D eigenvalue weighted by Crippen LogP contribution is -2.30. The van der Waals surface area contributed by atoms with Crippen LogP contribution in [0.25, 0.3) is 0 Å². The van der Waals surface area contributed by atoms with Crippen LogP contribution in [0.2, 0.25) is 5.02 Å². The minimum absolute atomic E-state index is 0.427. The SMILES string of the molecule is CC(C)(C)OC(=O)Nc1cc(N2CCCCC2)c(Cl)cc1N. The summed E-state index contributed by atoms with van der Waals surface area (Å²) in [5.41, 5.74) is 7.26. The van der Waals surface area contributed by atoms with E-state index in [1.54, 1.807) is 6.07 Å². The normalized spacial score (nSPS) is 15.5. The zero-order chi connectivity index (χ0) is 16.3. The number of nitrogen functional groups attached to an aromatic ring is 1. The Hall–Kier alpha value is -1.62. The average Bonchev–Trinajstić information content (AvgIpc) is 2.41. The quantitative estimate of drug-likeness (QED) is 0.797. The van der Waals surface area contributed by atoms with Gasteiger partial charge in [-0.15, -0.1) is 0 Å². The number of piperidine rings is 1. The molecule has 1 amide bonds. The summed E-state index contributed by atoms with van der Waals surface area (Å²) in [5, 5.41) is 3.31. The molecule has 122 valence electrons. The first-order valence-electron chi connectivity index (χ1n) is 7.60. The van der Waals surface area contributed by atoms with Gasteiger partial charge in [-0.05, 0) is 52.2 Å². The van der Waals surface area contributed by atoms with E-state index >= 15 is 0 Å². The average molecular weight is 326 g/mol. The van der Waals surface area contributed by atoms with Gasteiger partial charge in [0.15, 0.2) is 0 Å². The van der Waals surface area contributed by atoms with Gasteiger partial charge in [-0.2, -0.15) is 0 Å². The first-order chi connectivity index (χ1) is 10.3. The molecule has 0 atom stereocenters. The molecule has 1 aliphatic heterocycles. The number of halogens is 1. The molecule has 2 rings (SSSR count). The van der Waals surface area contributed by atoms with Gasteiger partial charge in [-0.3, -0.25) is 5.32 Å². The molecule has 6 heteroatoms. The first-order valence-corrected chi connectivity index (χ1v) is 7.98. The molecule has 1 aromatic rings. The summed E-state index contributed by atoms with van der Waals surface area (Å²) in [6, 6.07) is 3.51. The first kappa shape index (κ1) is 16.7. The number of anilines is 3. The standard InChI is InChI=1S/C16H24ClN3O2/c1-16(2,3)22-15(21)19-13-10-14(11(17)9-12(13)18)20-7-5-4-6-8-20/h9-10H,4-8,18H2,1-3H3,(H,19,21). The second-order valence-electron chi connectivity index (χ2n) is 6.57. The van der Waals surface area contributed by atoms with Gasteiger partial charge in [-0.1, -0.05) is 11.6 Å². The Kier molecular flexibility index (Phi) is 5.06. The van der Waals surface area contributed by atoms with Crippen LogP contribution in [0.4, 0.5) is 21.9 Å². The summed E-state index contributed by atoms with van der Waals surface area (Å²) < 4.78 is 5.26. The fourth-order valence-electron chi connectivity index (χ4n) is 2.48. The number of nitrogens with zero attached hydrogens (tertiary/aromatic N) is 1. The van der Waals surface area contributed by atoms with Crippen LogP contribution in [0.3, 0.4) is 0 Å². The summed E-state index contributed by atoms with van der Waals surface area (Å²) in [6.07, 6.45) is 3.02. The molecule has 1 heterocycles. The fourth-order valence-corrected chi connectivity index (χ4v) is 2.77. The van der Waals surface area contributed by atoms with E-state index in [2.05, 4.69) is 10.2 Å². The van der Waals surface area contributed by atoms with Crippen LogP contribution in [0.5, 0.6) is 0 Å². The highest BCUT2D eigenvalue weighted by molar-refractivity contribution is 6.33. The van der Waals surface area contributed by atoms with Crippen LogP contribution in [0.15, 0.2) is 12.1 Å². The van der Waals surface area contributed by atoms with Gasteiger partial charge in [0.1, 0.15) is 5.60 Å². The minimum atomic E-state index is -0.555. The zero-order valence-corrected chi connectivity index (χ0v) is 14.2. The summed E-state index contributed by atoms with van der Waals surface area (Å²) in [5.74, 6) is 0. The molecule has 5 nitrogen and oxygen atoms in total. The van der Waals surface area contributed by atoms with E-state index in [-0.39, 0.29) is 0 Å². The Morgan fingerprint density at radius 3 is 2.50 bits per heavy atom. The number of hydrogen-bond donors (Lipinski definition) is 2. The van der Waals surface area contributed by atoms with Gasteiger partial charge in [0, 0.05) is 13.1 Å². The molecule has 0 bridgehead atoms. The second-order valence-corrected chi connectivity index (χ2v) is 6.97. The highest BCUT2D eigenvalue weighted by atomic mass is 35.5. The topological polar surface area (TPSA) is 67.6 Å². The van der Waals surface area contributed by atoms with Gasteiger partial charge < -0.3 is 15.4 Å². The van der Waals surface area contributed by atoms with Crippen molar-refractivity contribution in [1.29, 1.82) is 0 Å². The van der Waals surface area contributed by atoms with E-state index in [9.17, 15) is 4.79 Å². The second kappa shape index (κ2) is 6.65. The van der Waals surface area contributed by atoms with Gasteiger partial charge in [0.2, 0.25) is 0 Å². The van der Waals surface area contributed by atoms with Gasteiger partial charge in [0.25, 0.3) is 0 Å². The maximum atomic E-state index is 11.9. The lowest BCUT2D eigenvalue weighted by Gasteiger charge is -2.30. The van der Waals surface area contributed by atoms with Crippen molar-refractivity contribution < 1.29 is 9.53 Å². The molecule has 0 aromatic heterocycles. The molecule has 3 N–H and O–H groups in total. The number of carbonyl (C=O) groups is 1. The third kappa shape index (κ3) is 4.44. The predicted octanol–water partition coefficient (Wildman–Crippen LogP) is 4.26. The Morgan fingerprint density at radius 2 is 1.91 bits per heavy atom. The maximum Gasteiger partial charge on any atom is 0.412 e. The molecule has 1 saturated heterocycles. The van der Waals surface area contributed by atoms with Crippen molar-refractivity contribution in [3.8, 4) is 0 Å². The van der Waals surface area contributed by atoms with E-state index in [4.69, 9.17) is 22.1 Å². The van der Waals surface area contributed by atoms with Crippen LogP contribution in [0.1, 0.15) is 40.0 Å². The number of hydrogen-bond acceptors (Lipinski definition) is 4. The Balaban J connectivity index is 2.19. The number of nitrogens with one attached hydrogen (secondary N) is 1. The molecule has 0 unspecified atom stereocenters. The van der Waals surface area contributed by atoms with Crippen molar-refractivity contribution in [1.82, 2.24) is 0 Å². The molecule has 0 aliphatic carbocycles. The monoisotopic (exact) mass is 325 g/mol. The smallest absolute Gasteiger partial charge is 0.412 e. The molecule has 1 aliphatic rings. The van der Waals surface area contributed by atoms with Crippen molar-refractivity contribution >= 4 is 34.8 Å². The van der Waals surface area contributed by atoms with E-state index in [0.717, 1.165) is 31.6 Å². The lowest BCUT2D eigenvalue weighted by atomic mass is 10.1. The minimum Gasteiger partial charge on any atom is -0.444 e. The van der Waals surface area contributed by atoms with E-state index in [1.165, 1.54) is 6.42 Å². The van der Waals surface area contributed by atoms with E-state index in [1.807, 2.05) is 26.8 Å². The van der Waals surface area contributed by atoms with Crippen molar-refractivity contribution in [3.63, 3.8) is 0 Å². The third-order valence-electron chi connectivity index (χ3n) is 3.45. The number of rotatable bonds is 2. The predicted molar refractivity (Wildman–Crippen MR) is 91.8 cm³/mol. The number of ether oxygens (including phenoxy) is 1. The number of benzene rings is 1. The molecule has 0 spiro atoms. The van der Waals surface area contributed by atoms with Gasteiger partial charge in [-0.25, -0.2) is 4.79 Å². The van der Waals surface area contributed by atoms with Crippen LogP contribution in [0, 0.1) is 0 Å². The molecule has 1 fully saturated rings. The van der Waals surface area contributed by atoms with Crippen LogP contribution >= 0.6 is 11.6 Å². The summed E-state index contributed by atoms with van der Waals surface area (Å²) in [7, 11) is 0. The highest BCUT2D eigenvalue weighted by Gasteiger charge is 2.19. The molecule has 22 heavy (non-hydrogen) atoms. The number of amides is 1. The van der Waals surface area contributed by atoms with Crippen molar-refractivity contribution in [2.45, 2.75) is 45.6 Å². The number of carbonyl (C=O) groups excluding carboxylic acids is 1. The van der Waals surface area contributed by atoms with Crippen molar-refractivity contribution in [2.24, 2.45) is 0 Å². The fraction of sp³-hybridized carbons (Fsp3) is 0.562. The summed E-state index contributed by atoms with van der Waals surface area (Å²) in [4.78, 5) is 14.1. The van der Waals surface area contributed by atoms with E-state index < -0.39 is 11.7 Å². The van der Waals surface area contributed by atoms with Crippen LogP contribution in [-0.4, -0.2) is 24.8 Å². The molecular formula is C16H24ClN3O2. The Morgan fingerprint density at radius 1 is 1.27 bits per heavy atom. The van der Waals surface area contributed by atoms with E-state index in [0.29, 0.717) is 16.4 Å². The van der Waals surface area contributed by atoms with Crippen molar-refractivity contribution in [3.05, 3.63) is 17.2 Å². The molecule has 0 saturated carbocycles.